The van der Waals surface area contributed by atoms with E-state index >= 15 is 14.4 Å². The van der Waals surface area contributed by atoms with E-state index < -0.39 is 34.3 Å². The number of carbonyl (C=O) groups excluding carboxylic acids is 5. The first-order valence-corrected chi connectivity index (χ1v) is 33.3. The minimum atomic E-state index is -0.883. The number of hydrogen-bond acceptors (Lipinski definition) is 9. The van der Waals surface area contributed by atoms with Gasteiger partial charge in [0.1, 0.15) is 35.0 Å². The van der Waals surface area contributed by atoms with E-state index in [9.17, 15) is 9.59 Å². The van der Waals surface area contributed by atoms with Crippen LogP contribution in [0.4, 0.5) is 5.82 Å². The van der Waals surface area contributed by atoms with Crippen molar-refractivity contribution in [2.24, 2.45) is 84.3 Å². The highest BCUT2D eigenvalue weighted by Gasteiger charge is 2.51. The molecule has 0 radical (unpaired) electrons. The van der Waals surface area contributed by atoms with E-state index in [4.69, 9.17) is 19.2 Å². The second-order valence-electron chi connectivity index (χ2n) is 31.6. The van der Waals surface area contributed by atoms with Crippen molar-refractivity contribution in [3.63, 3.8) is 0 Å². The maximum atomic E-state index is 15.9. The van der Waals surface area contributed by atoms with Crippen molar-refractivity contribution in [3.05, 3.63) is 33.7 Å². The summed E-state index contributed by atoms with van der Waals surface area (Å²) in [5, 5.41) is 6.58. The number of allylic oxidation sites excluding steroid dienone is 1. The van der Waals surface area contributed by atoms with Crippen LogP contribution < -0.4 is 10.6 Å². The predicted molar refractivity (Wildman–Crippen MR) is 346 cm³/mol. The van der Waals surface area contributed by atoms with Gasteiger partial charge in [0.25, 0.3) is 0 Å². The molecule has 3 aliphatic rings. The van der Waals surface area contributed by atoms with Crippen molar-refractivity contribution in [2.45, 2.75) is 288 Å². The Morgan fingerprint density at radius 1 is 0.583 bits per heavy atom. The average Bonchev–Trinajstić information content (AvgIpc) is 2.54. The Labute approximate surface area is 511 Å². The fourth-order valence-electron chi connectivity index (χ4n) is 14.2. The summed E-state index contributed by atoms with van der Waals surface area (Å²) in [6.07, 6.45) is 10.5. The third kappa shape index (κ3) is 16.3. The molecule has 1 aromatic heterocycles. The number of carbonyl (C=O) groups is 5. The third-order valence-corrected chi connectivity index (χ3v) is 21.4. The Morgan fingerprint density at radius 2 is 1.00 bits per heavy atom. The van der Waals surface area contributed by atoms with Crippen LogP contribution in [0.3, 0.4) is 0 Å². The highest BCUT2D eigenvalue weighted by Crippen LogP contribution is 2.53. The van der Waals surface area contributed by atoms with Crippen molar-refractivity contribution < 1.29 is 38.2 Å². The van der Waals surface area contributed by atoms with Crippen molar-refractivity contribution in [3.8, 4) is 0 Å². The molecule has 3 N–H and O–H groups in total. The molecule has 2 aliphatic carbocycles. The van der Waals surface area contributed by atoms with Gasteiger partial charge in [-0.15, -0.1) is 0 Å². The van der Waals surface area contributed by atoms with Gasteiger partial charge in [-0.05, 0) is 166 Å². The Bertz CT molecular complexity index is 2490. The summed E-state index contributed by atoms with van der Waals surface area (Å²) in [4.78, 5) is 83.8. The summed E-state index contributed by atoms with van der Waals surface area (Å²) in [6.45, 7) is 56.0. The van der Waals surface area contributed by atoms with Gasteiger partial charge in [0.15, 0.2) is 0 Å². The average molecular weight is 1170 g/mol. The lowest BCUT2D eigenvalue weighted by Gasteiger charge is -2.50. The lowest BCUT2D eigenvalue weighted by molar-refractivity contribution is -0.164. The van der Waals surface area contributed by atoms with Crippen LogP contribution >= 0.6 is 0 Å². The van der Waals surface area contributed by atoms with E-state index in [0.29, 0.717) is 104 Å². The number of anilines is 1. The molecule has 0 saturated heterocycles. The number of aromatic nitrogens is 1. The number of H-pyrrole nitrogens is 1. The molecule has 1 aromatic rings. The molecule has 4 rings (SSSR count). The maximum absolute atomic E-state index is 15.9. The normalized spacial score (nSPS) is 24.4. The van der Waals surface area contributed by atoms with Crippen LogP contribution in [0.25, 0.3) is 6.08 Å². The van der Waals surface area contributed by atoms with E-state index in [2.05, 4.69) is 140 Å². The number of ether oxygens (including phenoxy) is 3. The Hall–Kier alpha value is -4.22. The summed E-state index contributed by atoms with van der Waals surface area (Å²) in [6, 6.07) is 0. The van der Waals surface area contributed by atoms with Crippen molar-refractivity contribution in [1.82, 2.24) is 10.3 Å². The molecule has 2 fully saturated rings. The standard InChI is InChI=1S/C72H122N4O8/c1-27-45(11)53-51(73-59(75-63(79)71(30-4,31-5)32-6)55(53)61(77)83-57-47(66(13,14)15)38-43(9)39-48(57)67(16,17)18)42-52-54(46(12)28-2)56(62(78)84-58-49(68(19,20)21)40-44(10)41-50(58)69(22,23)24)60(74-52)76-64(80)72(33-7,34-8)36-35-37-82-65(81)70(25,26)29-3/h42-50,57-58,73H,27-41H2,1-26H3,(H,75,79)(H,74,76,80)/b52-42-. The smallest absolute Gasteiger partial charge is 0.342 e. The van der Waals surface area contributed by atoms with Crippen molar-refractivity contribution >= 4 is 47.5 Å². The Morgan fingerprint density at radius 3 is 1.39 bits per heavy atom. The molecule has 2 amide bonds. The van der Waals surface area contributed by atoms with Gasteiger partial charge < -0.3 is 29.8 Å². The van der Waals surface area contributed by atoms with Gasteiger partial charge in [-0.3, -0.25) is 14.4 Å². The molecule has 0 spiro atoms. The number of aromatic amines is 1. The van der Waals surface area contributed by atoms with Crippen LogP contribution in [-0.4, -0.2) is 59.4 Å². The number of nitrogens with one attached hydrogen (secondary N) is 3. The molecular formula is C72H122N4O8. The van der Waals surface area contributed by atoms with Crippen LogP contribution in [0.15, 0.2) is 21.8 Å². The predicted octanol–water partition coefficient (Wildman–Crippen LogP) is 18.4. The van der Waals surface area contributed by atoms with Gasteiger partial charge >= 0.3 is 17.9 Å². The van der Waals surface area contributed by atoms with Gasteiger partial charge in [0.05, 0.1) is 17.7 Å². The molecule has 2 saturated carbocycles. The monoisotopic (exact) mass is 1170 g/mol. The first kappa shape index (κ1) is 72.3. The Balaban J connectivity index is 2.12. The van der Waals surface area contributed by atoms with Gasteiger partial charge in [-0.2, -0.15) is 0 Å². The minimum absolute atomic E-state index is 0.0587. The van der Waals surface area contributed by atoms with Crippen LogP contribution in [0, 0.1) is 79.3 Å². The van der Waals surface area contributed by atoms with Gasteiger partial charge in [0, 0.05) is 40.2 Å². The van der Waals surface area contributed by atoms with Crippen LogP contribution in [0.2, 0.25) is 0 Å². The van der Waals surface area contributed by atoms with E-state index in [1.807, 2.05) is 61.5 Å². The van der Waals surface area contributed by atoms with Crippen LogP contribution in [0.5, 0.6) is 0 Å². The van der Waals surface area contributed by atoms with Crippen LogP contribution in [0.1, 0.15) is 297 Å². The summed E-state index contributed by atoms with van der Waals surface area (Å²) < 4.78 is 19.9. The second kappa shape index (κ2) is 28.3. The van der Waals surface area contributed by atoms with Crippen molar-refractivity contribution in [1.29, 1.82) is 0 Å². The topological polar surface area (TPSA) is 165 Å². The summed E-state index contributed by atoms with van der Waals surface area (Å²) in [5.41, 5.74) is 0.0388. The lowest BCUT2D eigenvalue weighted by atomic mass is 9.59. The molecule has 6 unspecified atom stereocenters. The number of amides is 2. The molecule has 12 heteroatoms. The summed E-state index contributed by atoms with van der Waals surface area (Å²) >= 11 is 0. The third-order valence-electron chi connectivity index (χ3n) is 21.4. The zero-order chi connectivity index (χ0) is 64.0. The highest BCUT2D eigenvalue weighted by molar-refractivity contribution is 6.26. The number of hydrogen-bond donors (Lipinski definition) is 3. The van der Waals surface area contributed by atoms with E-state index in [1.165, 1.54) is 0 Å². The summed E-state index contributed by atoms with van der Waals surface area (Å²) in [7, 11) is 0. The largest absolute Gasteiger partial charge is 0.465 e. The van der Waals surface area contributed by atoms with Gasteiger partial charge in [-0.25, -0.2) is 14.6 Å². The Kier molecular flexibility index (Phi) is 24.3. The second-order valence-corrected chi connectivity index (χ2v) is 31.6. The zero-order valence-electron chi connectivity index (χ0n) is 58.2. The minimum Gasteiger partial charge on any atom is -0.465 e. The molecule has 2 heterocycles. The SMILES string of the molecule is CCC(C)C1=C(C(=O)OC2C(C(C)(C)C)CC(C)CC2C(C)(C)C)C(NC(=O)C(CC)(CC)CCCOC(=O)C(C)(C)CC)=N/C1=C\c1[nH]c(NC(=O)C(CC)(CC)CC)c(C(=O)OC2C(C(C)(C)C)CC(C)CC2C(C)(C)C)c1C(C)CC. The van der Waals surface area contributed by atoms with Gasteiger partial charge in [-0.1, -0.05) is 166 Å². The molecule has 478 valence electrons. The quantitative estimate of drug-likeness (QED) is 0.0553. The molecule has 84 heavy (non-hydrogen) atoms. The zero-order valence-corrected chi connectivity index (χ0v) is 58.2. The van der Waals surface area contributed by atoms with Gasteiger partial charge in [0.2, 0.25) is 11.8 Å². The highest BCUT2D eigenvalue weighted by atomic mass is 16.6. The lowest BCUT2D eigenvalue weighted by Crippen LogP contribution is -2.50. The molecule has 0 aromatic carbocycles. The van der Waals surface area contributed by atoms with Crippen molar-refractivity contribution in [2.75, 3.05) is 11.9 Å². The maximum Gasteiger partial charge on any atom is 0.342 e. The van der Waals surface area contributed by atoms with E-state index in [0.717, 1.165) is 25.7 Å². The fourth-order valence-corrected chi connectivity index (χ4v) is 14.2. The molecule has 6 atom stereocenters. The number of amidine groups is 1. The van der Waals surface area contributed by atoms with E-state index in [1.54, 1.807) is 0 Å². The number of rotatable bonds is 23. The van der Waals surface area contributed by atoms with Crippen LogP contribution in [-0.2, 0) is 33.4 Å². The summed E-state index contributed by atoms with van der Waals surface area (Å²) in [5.74, 6) is -0.563. The molecule has 1 aliphatic heterocycles. The fraction of sp³-hybridized carbons (Fsp3) is 0.806. The number of aliphatic imine (C=N–C) groups is 1. The molecule has 12 nitrogen and oxygen atoms in total. The first-order valence-electron chi connectivity index (χ1n) is 33.3. The number of nitrogens with zero attached hydrogens (tertiary/aromatic N) is 1. The van der Waals surface area contributed by atoms with E-state index in [-0.39, 0.29) is 105 Å². The molecule has 0 bridgehead atoms. The first-order chi connectivity index (χ1) is 38.7. The molecular weight excluding hydrogens is 1050 g/mol. The number of esters is 3.